The summed E-state index contributed by atoms with van der Waals surface area (Å²) in [4.78, 5) is 40.8. The van der Waals surface area contributed by atoms with E-state index in [1.54, 1.807) is 11.3 Å². The quantitative estimate of drug-likeness (QED) is 0.297. The van der Waals surface area contributed by atoms with Crippen LogP contribution in [0.2, 0.25) is 0 Å². The number of amides is 2. The topological polar surface area (TPSA) is 118 Å². The molecule has 3 aromatic heterocycles. The van der Waals surface area contributed by atoms with Crippen molar-refractivity contribution in [1.82, 2.24) is 35.3 Å². The maximum Gasteiger partial charge on any atom is 0.234 e. The number of aromatic nitrogens is 4. The van der Waals surface area contributed by atoms with E-state index in [-0.39, 0.29) is 37.0 Å². The summed E-state index contributed by atoms with van der Waals surface area (Å²) in [6.07, 6.45) is 5.98. The van der Waals surface area contributed by atoms with Gasteiger partial charge in [0.15, 0.2) is 11.6 Å². The van der Waals surface area contributed by atoms with Gasteiger partial charge in [-0.3, -0.25) is 19.2 Å². The molecule has 214 valence electrons. The number of carbonyl (C=O) groups is 2. The van der Waals surface area contributed by atoms with Gasteiger partial charge in [-0.15, -0.1) is 11.3 Å². The van der Waals surface area contributed by atoms with Crippen LogP contribution >= 0.6 is 11.3 Å². The number of rotatable bonds is 10. The van der Waals surface area contributed by atoms with Crippen LogP contribution in [0.5, 0.6) is 0 Å². The van der Waals surface area contributed by atoms with E-state index < -0.39 is 0 Å². The van der Waals surface area contributed by atoms with Gasteiger partial charge < -0.3 is 20.3 Å². The summed E-state index contributed by atoms with van der Waals surface area (Å²) in [5, 5.41) is 11.6. The highest BCUT2D eigenvalue weighted by Crippen LogP contribution is 2.36. The number of anilines is 1. The summed E-state index contributed by atoms with van der Waals surface area (Å²) in [6, 6.07) is 8.75. The van der Waals surface area contributed by atoms with Crippen LogP contribution in [-0.2, 0) is 27.9 Å². The summed E-state index contributed by atoms with van der Waals surface area (Å²) in [5.74, 6) is 1.49. The number of hydrogen-bond acceptors (Lipinski definition) is 9. The van der Waals surface area contributed by atoms with Gasteiger partial charge in [0.25, 0.3) is 0 Å². The zero-order valence-corrected chi connectivity index (χ0v) is 24.0. The van der Waals surface area contributed by atoms with Crippen LogP contribution in [-0.4, -0.2) is 87.9 Å². The van der Waals surface area contributed by atoms with Crippen molar-refractivity contribution in [3.05, 3.63) is 35.3 Å². The number of hydrogen-bond donors (Lipinski definition) is 2. The van der Waals surface area contributed by atoms with E-state index in [0.717, 1.165) is 76.2 Å². The minimum Gasteiger partial charge on any atom is -0.378 e. The molecule has 4 aromatic rings. The summed E-state index contributed by atoms with van der Waals surface area (Å²) in [5.41, 5.74) is 2.83. The summed E-state index contributed by atoms with van der Waals surface area (Å²) in [6.45, 7) is 3.65. The van der Waals surface area contributed by atoms with Gasteiger partial charge >= 0.3 is 0 Å². The maximum atomic E-state index is 12.7. The second kappa shape index (κ2) is 11.0. The lowest BCUT2D eigenvalue weighted by atomic mass is 10.1. The molecule has 41 heavy (non-hydrogen) atoms. The van der Waals surface area contributed by atoms with E-state index in [9.17, 15) is 9.59 Å². The molecule has 3 aliphatic rings. The molecule has 0 spiro atoms. The Morgan fingerprint density at radius 1 is 1.05 bits per heavy atom. The molecule has 0 atom stereocenters. The number of nitrogens with one attached hydrogen (secondary N) is 2. The molecular weight excluding hydrogens is 540 g/mol. The van der Waals surface area contributed by atoms with E-state index in [1.807, 2.05) is 41.0 Å². The molecular formula is C29H34N8O3S. The first kappa shape index (κ1) is 26.3. The highest BCUT2D eigenvalue weighted by atomic mass is 32.1. The van der Waals surface area contributed by atoms with Gasteiger partial charge in [-0.05, 0) is 37.8 Å². The SMILES string of the molecule is Cn1ncc2c(-c3nc(N4CCOCC4)c4sc(CN(CC(=O)NC5CC5)CC(=O)NC5CC5)cc4n3)cccc21. The van der Waals surface area contributed by atoms with Gasteiger partial charge in [0.1, 0.15) is 0 Å². The number of morpholine rings is 1. The predicted molar refractivity (Wildman–Crippen MR) is 158 cm³/mol. The predicted octanol–water partition coefficient (Wildman–Crippen LogP) is 2.44. The molecule has 11 nitrogen and oxygen atoms in total. The average molecular weight is 575 g/mol. The van der Waals surface area contributed by atoms with Crippen LogP contribution in [0.4, 0.5) is 5.82 Å². The number of carbonyl (C=O) groups excluding carboxylic acids is 2. The monoisotopic (exact) mass is 574 g/mol. The van der Waals surface area contributed by atoms with E-state index in [4.69, 9.17) is 14.7 Å². The van der Waals surface area contributed by atoms with Crippen molar-refractivity contribution in [2.45, 2.75) is 44.3 Å². The molecule has 2 amide bonds. The standard InChI is InChI=1S/C29H34N8O3S/c1-35-24-4-2-3-21(22(24)14-30-35)28-33-23-13-20(41-27(23)29(34-28)37-9-11-40-12-10-37)15-36(16-25(38)31-18-5-6-18)17-26(39)32-19-7-8-19/h2-4,13-14,18-19H,5-12,15-17H2,1H3,(H,31,38)(H,32,39). The molecule has 0 unspecified atom stereocenters. The summed E-state index contributed by atoms with van der Waals surface area (Å²) in [7, 11) is 1.93. The summed E-state index contributed by atoms with van der Waals surface area (Å²) < 4.78 is 8.49. The second-order valence-electron chi connectivity index (χ2n) is 11.2. The number of ether oxygens (including phenoxy) is 1. The Morgan fingerprint density at radius 3 is 2.44 bits per heavy atom. The molecule has 3 fully saturated rings. The van der Waals surface area contributed by atoms with Crippen LogP contribution in [0, 0.1) is 0 Å². The van der Waals surface area contributed by atoms with Gasteiger partial charge in [-0.25, -0.2) is 9.97 Å². The van der Waals surface area contributed by atoms with Crippen molar-refractivity contribution in [3.8, 4) is 11.4 Å². The Labute approximate surface area is 241 Å². The third-order valence-electron chi connectivity index (χ3n) is 7.75. The molecule has 7 rings (SSSR count). The van der Waals surface area contributed by atoms with E-state index >= 15 is 0 Å². The fourth-order valence-corrected chi connectivity index (χ4v) is 6.48. The minimum atomic E-state index is -0.0338. The first-order valence-corrected chi connectivity index (χ1v) is 15.2. The van der Waals surface area contributed by atoms with E-state index in [2.05, 4.69) is 26.7 Å². The van der Waals surface area contributed by atoms with Crippen molar-refractivity contribution in [2.24, 2.45) is 7.05 Å². The highest BCUT2D eigenvalue weighted by Gasteiger charge is 2.28. The van der Waals surface area contributed by atoms with Crippen LogP contribution < -0.4 is 15.5 Å². The van der Waals surface area contributed by atoms with E-state index in [0.29, 0.717) is 25.6 Å². The Bertz CT molecular complexity index is 1570. The molecule has 1 aliphatic heterocycles. The zero-order chi connectivity index (χ0) is 27.9. The molecule has 4 heterocycles. The molecule has 1 aromatic carbocycles. The Hall–Kier alpha value is -3.61. The maximum absolute atomic E-state index is 12.7. The van der Waals surface area contributed by atoms with Crippen molar-refractivity contribution in [1.29, 1.82) is 0 Å². The second-order valence-corrected chi connectivity index (χ2v) is 12.4. The van der Waals surface area contributed by atoms with Crippen LogP contribution in [0.25, 0.3) is 32.5 Å². The molecule has 2 aliphatic carbocycles. The molecule has 0 radical (unpaired) electrons. The largest absolute Gasteiger partial charge is 0.378 e. The average Bonchev–Trinajstić information content (AvgIpc) is 3.88. The third kappa shape index (κ3) is 5.90. The first-order chi connectivity index (χ1) is 20.0. The van der Waals surface area contributed by atoms with Gasteiger partial charge in [0.2, 0.25) is 11.8 Å². The van der Waals surface area contributed by atoms with Crippen LogP contribution in [0.3, 0.4) is 0 Å². The highest BCUT2D eigenvalue weighted by molar-refractivity contribution is 7.19. The van der Waals surface area contributed by atoms with Crippen molar-refractivity contribution in [3.63, 3.8) is 0 Å². The van der Waals surface area contributed by atoms with Crippen LogP contribution in [0.1, 0.15) is 30.6 Å². The van der Waals surface area contributed by atoms with Gasteiger partial charge in [-0.2, -0.15) is 5.10 Å². The zero-order valence-electron chi connectivity index (χ0n) is 23.1. The molecule has 12 heteroatoms. The number of fused-ring (bicyclic) bond motifs is 2. The smallest absolute Gasteiger partial charge is 0.234 e. The normalized spacial score (nSPS) is 17.5. The minimum absolute atomic E-state index is 0.0338. The molecule has 2 N–H and O–H groups in total. The van der Waals surface area contributed by atoms with Crippen molar-refractivity contribution < 1.29 is 14.3 Å². The number of benzene rings is 1. The number of thiophene rings is 1. The molecule has 1 saturated heterocycles. The number of nitrogens with zero attached hydrogens (tertiary/aromatic N) is 6. The molecule has 2 saturated carbocycles. The van der Waals surface area contributed by atoms with Crippen LogP contribution in [0.15, 0.2) is 30.5 Å². The third-order valence-corrected chi connectivity index (χ3v) is 8.85. The fourth-order valence-electron chi connectivity index (χ4n) is 5.32. The fraction of sp³-hybridized carbons (Fsp3) is 0.483. The van der Waals surface area contributed by atoms with Gasteiger partial charge in [0.05, 0.1) is 48.2 Å². The van der Waals surface area contributed by atoms with Crippen molar-refractivity contribution in [2.75, 3.05) is 44.3 Å². The number of aryl methyl sites for hydroxylation is 1. The Kier molecular flexibility index (Phi) is 7.05. The lowest BCUT2D eigenvalue weighted by Crippen LogP contribution is -2.43. The Morgan fingerprint density at radius 2 is 1.76 bits per heavy atom. The summed E-state index contributed by atoms with van der Waals surface area (Å²) >= 11 is 1.64. The Balaban J connectivity index is 1.23. The lowest BCUT2D eigenvalue weighted by Gasteiger charge is -2.28. The van der Waals surface area contributed by atoms with E-state index in [1.165, 1.54) is 0 Å². The first-order valence-electron chi connectivity index (χ1n) is 14.4. The van der Waals surface area contributed by atoms with Gasteiger partial charge in [0, 0.05) is 54.6 Å². The molecule has 0 bridgehead atoms. The van der Waals surface area contributed by atoms with Gasteiger partial charge in [-0.1, -0.05) is 12.1 Å². The lowest BCUT2D eigenvalue weighted by molar-refractivity contribution is -0.125. The van der Waals surface area contributed by atoms with Crippen molar-refractivity contribution >= 4 is 50.1 Å².